The molecule has 2 nitrogen and oxygen atoms in total. The number of aryl methyl sites for hydroxylation is 1. The van der Waals surface area contributed by atoms with Crippen molar-refractivity contribution >= 4 is 11.3 Å². The molecule has 0 aliphatic heterocycles. The van der Waals surface area contributed by atoms with Crippen molar-refractivity contribution in [2.45, 2.75) is 32.6 Å². The molecule has 0 unspecified atom stereocenters. The standard InChI is InChI=1S/C9H12N2S/c1-2-3-4-9-11-8(5-6-10)7-12-9/h7H,2-5H2,1H3. The summed E-state index contributed by atoms with van der Waals surface area (Å²) in [4.78, 5) is 4.33. The first kappa shape index (κ1) is 9.21. The molecule has 0 aromatic carbocycles. The van der Waals surface area contributed by atoms with Crippen molar-refractivity contribution in [2.75, 3.05) is 0 Å². The zero-order chi connectivity index (χ0) is 8.81. The molecule has 0 radical (unpaired) electrons. The van der Waals surface area contributed by atoms with Crippen LogP contribution in [0, 0.1) is 11.3 Å². The Bertz CT molecular complexity index is 272. The molecule has 3 heteroatoms. The highest BCUT2D eigenvalue weighted by Gasteiger charge is 1.99. The third-order valence-electron chi connectivity index (χ3n) is 1.60. The first-order valence-electron chi connectivity index (χ1n) is 4.17. The molecule has 0 saturated carbocycles. The molecule has 1 heterocycles. The van der Waals surface area contributed by atoms with Gasteiger partial charge in [-0.3, -0.25) is 0 Å². The van der Waals surface area contributed by atoms with Gasteiger partial charge in [0.15, 0.2) is 0 Å². The van der Waals surface area contributed by atoms with Crippen LogP contribution in [-0.4, -0.2) is 4.98 Å². The molecule has 0 bridgehead atoms. The van der Waals surface area contributed by atoms with E-state index in [0.29, 0.717) is 6.42 Å². The minimum absolute atomic E-state index is 0.447. The van der Waals surface area contributed by atoms with Gasteiger partial charge in [-0.25, -0.2) is 4.98 Å². The third-order valence-corrected chi connectivity index (χ3v) is 2.56. The molecule has 0 amide bonds. The largest absolute Gasteiger partial charge is 0.245 e. The molecule has 1 aromatic rings. The van der Waals surface area contributed by atoms with Crippen LogP contribution in [0.25, 0.3) is 0 Å². The van der Waals surface area contributed by atoms with E-state index in [1.54, 1.807) is 11.3 Å². The van der Waals surface area contributed by atoms with E-state index in [-0.39, 0.29) is 0 Å². The lowest BCUT2D eigenvalue weighted by atomic mass is 10.3. The minimum atomic E-state index is 0.447. The Hall–Kier alpha value is -0.880. The van der Waals surface area contributed by atoms with Crippen LogP contribution in [0.1, 0.15) is 30.5 Å². The van der Waals surface area contributed by atoms with Crippen LogP contribution >= 0.6 is 11.3 Å². The zero-order valence-electron chi connectivity index (χ0n) is 7.21. The number of nitriles is 1. The van der Waals surface area contributed by atoms with Crippen LogP contribution < -0.4 is 0 Å². The molecule has 0 spiro atoms. The Kier molecular flexibility index (Phi) is 3.75. The first-order valence-corrected chi connectivity index (χ1v) is 5.05. The summed E-state index contributed by atoms with van der Waals surface area (Å²) in [7, 11) is 0. The van der Waals surface area contributed by atoms with Gasteiger partial charge in [-0.05, 0) is 12.8 Å². The van der Waals surface area contributed by atoms with Gasteiger partial charge >= 0.3 is 0 Å². The molecule has 12 heavy (non-hydrogen) atoms. The summed E-state index contributed by atoms with van der Waals surface area (Å²) in [6.07, 6.45) is 3.90. The summed E-state index contributed by atoms with van der Waals surface area (Å²) in [5.41, 5.74) is 0.925. The van der Waals surface area contributed by atoms with Gasteiger partial charge in [0.1, 0.15) is 0 Å². The van der Waals surface area contributed by atoms with Gasteiger partial charge in [0.05, 0.1) is 23.2 Å². The lowest BCUT2D eigenvalue weighted by Gasteiger charge is -1.90. The van der Waals surface area contributed by atoms with Crippen molar-refractivity contribution in [1.29, 1.82) is 5.26 Å². The molecule has 0 saturated heterocycles. The van der Waals surface area contributed by atoms with Gasteiger partial charge in [-0.2, -0.15) is 5.26 Å². The summed E-state index contributed by atoms with van der Waals surface area (Å²) in [6.45, 7) is 2.17. The number of unbranched alkanes of at least 4 members (excludes halogenated alkanes) is 1. The van der Waals surface area contributed by atoms with Crippen molar-refractivity contribution in [3.63, 3.8) is 0 Å². The second-order valence-corrected chi connectivity index (χ2v) is 3.61. The van der Waals surface area contributed by atoms with E-state index >= 15 is 0 Å². The van der Waals surface area contributed by atoms with Crippen molar-refractivity contribution in [2.24, 2.45) is 0 Å². The van der Waals surface area contributed by atoms with Gasteiger partial charge in [0, 0.05) is 5.38 Å². The van der Waals surface area contributed by atoms with E-state index < -0.39 is 0 Å². The van der Waals surface area contributed by atoms with Crippen molar-refractivity contribution < 1.29 is 0 Å². The SMILES string of the molecule is CCCCc1nc(CC#N)cs1. The van der Waals surface area contributed by atoms with Crippen LogP contribution in [-0.2, 0) is 12.8 Å². The van der Waals surface area contributed by atoms with E-state index in [9.17, 15) is 0 Å². The maximum Gasteiger partial charge on any atom is 0.0928 e. The minimum Gasteiger partial charge on any atom is -0.245 e. The lowest BCUT2D eigenvalue weighted by Crippen LogP contribution is -1.85. The molecule has 0 fully saturated rings. The first-order chi connectivity index (χ1) is 5.86. The average Bonchev–Trinajstić information content (AvgIpc) is 2.50. The second-order valence-electron chi connectivity index (χ2n) is 2.67. The van der Waals surface area contributed by atoms with Gasteiger partial charge in [0.2, 0.25) is 0 Å². The monoisotopic (exact) mass is 180 g/mol. The van der Waals surface area contributed by atoms with Crippen LogP contribution in [0.5, 0.6) is 0 Å². The van der Waals surface area contributed by atoms with Crippen LogP contribution in [0.2, 0.25) is 0 Å². The highest BCUT2D eigenvalue weighted by Crippen LogP contribution is 2.12. The number of rotatable bonds is 4. The van der Waals surface area contributed by atoms with E-state index in [1.807, 2.05) is 5.38 Å². The van der Waals surface area contributed by atoms with E-state index in [2.05, 4.69) is 18.0 Å². The highest BCUT2D eigenvalue weighted by atomic mass is 32.1. The van der Waals surface area contributed by atoms with Gasteiger partial charge in [0.25, 0.3) is 0 Å². The second kappa shape index (κ2) is 4.89. The predicted molar refractivity (Wildman–Crippen MR) is 50.0 cm³/mol. The molecular formula is C9H12N2S. The van der Waals surface area contributed by atoms with Gasteiger partial charge in [-0.15, -0.1) is 11.3 Å². The Morgan fingerprint density at radius 1 is 1.67 bits per heavy atom. The number of hydrogen-bond donors (Lipinski definition) is 0. The molecule has 0 atom stereocenters. The fourth-order valence-electron chi connectivity index (χ4n) is 0.954. The highest BCUT2D eigenvalue weighted by molar-refractivity contribution is 7.09. The molecule has 0 aliphatic rings. The molecule has 1 aromatic heterocycles. The average molecular weight is 180 g/mol. The van der Waals surface area contributed by atoms with E-state index in [1.165, 1.54) is 17.8 Å². The summed E-state index contributed by atoms with van der Waals surface area (Å²) < 4.78 is 0. The predicted octanol–water partition coefficient (Wildman–Crippen LogP) is 2.55. The van der Waals surface area contributed by atoms with Crippen molar-refractivity contribution in [3.8, 4) is 6.07 Å². The topological polar surface area (TPSA) is 36.7 Å². The van der Waals surface area contributed by atoms with E-state index in [4.69, 9.17) is 5.26 Å². The summed E-state index contributed by atoms with van der Waals surface area (Å²) in [5.74, 6) is 0. The molecule has 1 rings (SSSR count). The van der Waals surface area contributed by atoms with Crippen LogP contribution in [0.4, 0.5) is 0 Å². The van der Waals surface area contributed by atoms with Crippen LogP contribution in [0.3, 0.4) is 0 Å². The summed E-state index contributed by atoms with van der Waals surface area (Å²) in [5, 5.41) is 11.6. The van der Waals surface area contributed by atoms with Gasteiger partial charge in [-0.1, -0.05) is 13.3 Å². The number of thiazole rings is 1. The molecule has 0 N–H and O–H groups in total. The zero-order valence-corrected chi connectivity index (χ0v) is 8.02. The molecule has 64 valence electrons. The summed E-state index contributed by atoms with van der Waals surface area (Å²) >= 11 is 1.67. The fraction of sp³-hybridized carbons (Fsp3) is 0.556. The Balaban J connectivity index is 2.48. The maximum atomic E-state index is 8.42. The van der Waals surface area contributed by atoms with E-state index in [0.717, 1.165) is 12.1 Å². The number of aromatic nitrogens is 1. The Labute approximate surface area is 76.9 Å². The summed E-state index contributed by atoms with van der Waals surface area (Å²) in [6, 6.07) is 2.10. The quantitative estimate of drug-likeness (QED) is 0.714. The van der Waals surface area contributed by atoms with Crippen molar-refractivity contribution in [3.05, 3.63) is 16.1 Å². The lowest BCUT2D eigenvalue weighted by molar-refractivity contribution is 0.787. The smallest absolute Gasteiger partial charge is 0.0928 e. The molecular weight excluding hydrogens is 168 g/mol. The van der Waals surface area contributed by atoms with Gasteiger partial charge < -0.3 is 0 Å². The maximum absolute atomic E-state index is 8.42. The Morgan fingerprint density at radius 3 is 3.17 bits per heavy atom. The normalized spacial score (nSPS) is 9.67. The number of nitrogens with zero attached hydrogens (tertiary/aromatic N) is 2. The van der Waals surface area contributed by atoms with Crippen molar-refractivity contribution in [1.82, 2.24) is 4.98 Å². The fourth-order valence-corrected chi connectivity index (χ4v) is 1.79. The van der Waals surface area contributed by atoms with Crippen LogP contribution in [0.15, 0.2) is 5.38 Å². The third kappa shape index (κ3) is 2.63. The molecule has 0 aliphatic carbocycles. The number of hydrogen-bond acceptors (Lipinski definition) is 3. The Morgan fingerprint density at radius 2 is 2.50 bits per heavy atom.